The standard InChI is InChI=1S/C11H12BrClO2S/c12-7-11(4-5-11)8-16(14,15)10-3-1-2-9(13)6-10/h1-3,6H,4-5,7-8H2. The molecule has 5 heteroatoms. The zero-order chi connectivity index (χ0) is 11.8. The van der Waals surface area contributed by atoms with Gasteiger partial charge in [-0.15, -0.1) is 0 Å². The van der Waals surface area contributed by atoms with Crippen LogP contribution in [0.4, 0.5) is 0 Å². The van der Waals surface area contributed by atoms with Crippen molar-refractivity contribution in [2.75, 3.05) is 11.1 Å². The number of rotatable bonds is 4. The minimum absolute atomic E-state index is 0.0405. The maximum atomic E-state index is 12.1. The molecule has 0 aromatic heterocycles. The Balaban J connectivity index is 2.26. The highest BCUT2D eigenvalue weighted by molar-refractivity contribution is 9.09. The molecule has 16 heavy (non-hydrogen) atoms. The molecule has 0 unspecified atom stereocenters. The zero-order valence-corrected chi connectivity index (χ0v) is 11.8. The van der Waals surface area contributed by atoms with Gasteiger partial charge in [-0.3, -0.25) is 0 Å². The summed E-state index contributed by atoms with van der Waals surface area (Å²) in [5.74, 6) is 0.214. The largest absolute Gasteiger partial charge is 0.224 e. The Bertz CT molecular complexity index is 494. The lowest BCUT2D eigenvalue weighted by Crippen LogP contribution is -2.18. The van der Waals surface area contributed by atoms with Crippen molar-refractivity contribution in [3.8, 4) is 0 Å². The molecule has 0 radical (unpaired) electrons. The minimum atomic E-state index is -3.20. The summed E-state index contributed by atoms with van der Waals surface area (Å²) >= 11 is 9.18. The molecule has 0 atom stereocenters. The summed E-state index contributed by atoms with van der Waals surface area (Å²) in [5, 5.41) is 1.21. The summed E-state index contributed by atoms with van der Waals surface area (Å²) in [6.07, 6.45) is 1.97. The van der Waals surface area contributed by atoms with Crippen molar-refractivity contribution in [2.24, 2.45) is 5.41 Å². The Morgan fingerprint density at radius 2 is 2.06 bits per heavy atom. The van der Waals surface area contributed by atoms with E-state index in [1.54, 1.807) is 18.2 Å². The SMILES string of the molecule is O=S(=O)(CC1(CBr)CC1)c1cccc(Cl)c1. The average Bonchev–Trinajstić information content (AvgIpc) is 2.98. The van der Waals surface area contributed by atoms with E-state index in [9.17, 15) is 8.42 Å². The topological polar surface area (TPSA) is 34.1 Å². The van der Waals surface area contributed by atoms with Gasteiger partial charge in [-0.05, 0) is 36.5 Å². The predicted octanol–water partition coefficient (Wildman–Crippen LogP) is 3.29. The highest BCUT2D eigenvalue weighted by Crippen LogP contribution is 2.48. The normalized spacial score (nSPS) is 18.4. The fourth-order valence-electron chi connectivity index (χ4n) is 1.64. The van der Waals surface area contributed by atoms with Crippen LogP contribution >= 0.6 is 27.5 Å². The molecule has 2 nitrogen and oxygen atoms in total. The van der Waals surface area contributed by atoms with Crippen LogP contribution < -0.4 is 0 Å². The molecule has 1 fully saturated rings. The second-order valence-electron chi connectivity index (χ2n) is 4.35. The molecule has 0 aliphatic heterocycles. The molecule has 1 aromatic rings. The van der Waals surface area contributed by atoms with E-state index in [-0.39, 0.29) is 11.2 Å². The lowest BCUT2D eigenvalue weighted by Gasteiger charge is -2.12. The van der Waals surface area contributed by atoms with Gasteiger partial charge >= 0.3 is 0 Å². The first-order valence-electron chi connectivity index (χ1n) is 5.02. The molecule has 1 aromatic carbocycles. The van der Waals surface area contributed by atoms with Gasteiger partial charge in [0.05, 0.1) is 10.6 Å². The van der Waals surface area contributed by atoms with E-state index in [0.29, 0.717) is 9.92 Å². The van der Waals surface area contributed by atoms with Crippen LogP contribution in [0.3, 0.4) is 0 Å². The van der Waals surface area contributed by atoms with Gasteiger partial charge in [-0.2, -0.15) is 0 Å². The van der Waals surface area contributed by atoms with E-state index in [0.717, 1.165) is 18.2 Å². The van der Waals surface area contributed by atoms with Gasteiger partial charge in [-0.25, -0.2) is 8.42 Å². The van der Waals surface area contributed by atoms with E-state index in [1.165, 1.54) is 6.07 Å². The van der Waals surface area contributed by atoms with Crippen LogP contribution in [0.2, 0.25) is 5.02 Å². The molecule has 0 N–H and O–H groups in total. The number of hydrogen-bond donors (Lipinski definition) is 0. The summed E-state index contributed by atoms with van der Waals surface area (Å²) in [4.78, 5) is 0.326. The van der Waals surface area contributed by atoms with Crippen molar-refractivity contribution in [3.63, 3.8) is 0 Å². The summed E-state index contributed by atoms with van der Waals surface area (Å²) in [6.45, 7) is 0. The summed E-state index contributed by atoms with van der Waals surface area (Å²) in [6, 6.07) is 6.47. The molecule has 1 aliphatic carbocycles. The molecular formula is C11H12BrClO2S. The first-order chi connectivity index (χ1) is 7.47. The van der Waals surface area contributed by atoms with Crippen LogP contribution in [0, 0.1) is 5.41 Å². The first kappa shape index (κ1) is 12.4. The molecule has 1 saturated carbocycles. The van der Waals surface area contributed by atoms with E-state index < -0.39 is 9.84 Å². The van der Waals surface area contributed by atoms with E-state index in [2.05, 4.69) is 15.9 Å². The van der Waals surface area contributed by atoms with Crippen molar-refractivity contribution < 1.29 is 8.42 Å². The summed E-state index contributed by atoms with van der Waals surface area (Å²) < 4.78 is 24.2. The van der Waals surface area contributed by atoms with Crippen LogP contribution in [-0.2, 0) is 9.84 Å². The number of benzene rings is 1. The van der Waals surface area contributed by atoms with Gasteiger partial charge < -0.3 is 0 Å². The third-order valence-electron chi connectivity index (χ3n) is 2.89. The highest BCUT2D eigenvalue weighted by Gasteiger charge is 2.45. The Hall–Kier alpha value is -0.0600. The van der Waals surface area contributed by atoms with Gasteiger partial charge in [0.15, 0.2) is 9.84 Å². The van der Waals surface area contributed by atoms with Gasteiger partial charge in [0.25, 0.3) is 0 Å². The number of alkyl halides is 1. The third-order valence-corrected chi connectivity index (χ3v) is 6.28. The molecule has 2 rings (SSSR count). The summed E-state index contributed by atoms with van der Waals surface area (Å²) in [7, 11) is -3.20. The maximum Gasteiger partial charge on any atom is 0.179 e. The molecule has 0 amide bonds. The lowest BCUT2D eigenvalue weighted by molar-refractivity contribution is 0.572. The minimum Gasteiger partial charge on any atom is -0.224 e. The molecule has 88 valence electrons. The maximum absolute atomic E-state index is 12.1. The van der Waals surface area contributed by atoms with Crippen LogP contribution in [0.15, 0.2) is 29.2 Å². The average molecular weight is 324 g/mol. The second-order valence-corrected chi connectivity index (χ2v) is 7.34. The second kappa shape index (κ2) is 4.31. The van der Waals surface area contributed by atoms with E-state index in [1.807, 2.05) is 0 Å². The number of hydrogen-bond acceptors (Lipinski definition) is 2. The smallest absolute Gasteiger partial charge is 0.179 e. The Morgan fingerprint density at radius 3 is 2.56 bits per heavy atom. The van der Waals surface area contributed by atoms with E-state index in [4.69, 9.17) is 11.6 Å². The van der Waals surface area contributed by atoms with Crippen LogP contribution in [0.1, 0.15) is 12.8 Å². The van der Waals surface area contributed by atoms with Crippen LogP contribution in [0.5, 0.6) is 0 Å². The van der Waals surface area contributed by atoms with Crippen LogP contribution in [-0.4, -0.2) is 19.5 Å². The van der Waals surface area contributed by atoms with Crippen molar-refractivity contribution in [1.29, 1.82) is 0 Å². The van der Waals surface area contributed by atoms with Gasteiger partial charge in [0.1, 0.15) is 0 Å². The van der Waals surface area contributed by atoms with Gasteiger partial charge in [0.2, 0.25) is 0 Å². The fraction of sp³-hybridized carbons (Fsp3) is 0.455. The summed E-state index contributed by atoms with van der Waals surface area (Å²) in [5.41, 5.74) is -0.0405. The van der Waals surface area contributed by atoms with Crippen molar-refractivity contribution in [3.05, 3.63) is 29.3 Å². The molecular weight excluding hydrogens is 312 g/mol. The first-order valence-corrected chi connectivity index (χ1v) is 8.17. The Morgan fingerprint density at radius 1 is 1.38 bits per heavy atom. The molecule has 1 aliphatic rings. The monoisotopic (exact) mass is 322 g/mol. The molecule has 0 heterocycles. The Labute approximate surface area is 109 Å². The third kappa shape index (κ3) is 2.60. The molecule has 0 saturated heterocycles. The quantitative estimate of drug-likeness (QED) is 0.797. The molecule has 0 bridgehead atoms. The fourth-order valence-corrected chi connectivity index (χ4v) is 4.87. The predicted molar refractivity (Wildman–Crippen MR) is 69.0 cm³/mol. The number of sulfone groups is 1. The van der Waals surface area contributed by atoms with Crippen molar-refractivity contribution in [1.82, 2.24) is 0 Å². The Kier molecular flexibility index (Phi) is 3.34. The van der Waals surface area contributed by atoms with Gasteiger partial charge in [0, 0.05) is 10.4 Å². The lowest BCUT2D eigenvalue weighted by atomic mass is 10.2. The van der Waals surface area contributed by atoms with Crippen molar-refractivity contribution >= 4 is 37.4 Å². The zero-order valence-electron chi connectivity index (χ0n) is 8.62. The van der Waals surface area contributed by atoms with Crippen LogP contribution in [0.25, 0.3) is 0 Å². The highest BCUT2D eigenvalue weighted by atomic mass is 79.9. The van der Waals surface area contributed by atoms with Gasteiger partial charge in [-0.1, -0.05) is 33.6 Å². The van der Waals surface area contributed by atoms with Crippen molar-refractivity contribution in [2.45, 2.75) is 17.7 Å². The number of halogens is 2. The van der Waals surface area contributed by atoms with E-state index >= 15 is 0 Å². The molecule has 0 spiro atoms.